The van der Waals surface area contributed by atoms with Crippen molar-refractivity contribution in [1.82, 2.24) is 10.3 Å². The maximum Gasteiger partial charge on any atom is 0.246 e. The number of rotatable bonds is 5. The average Bonchev–Trinajstić information content (AvgIpc) is 2.97. The van der Waals surface area contributed by atoms with Crippen LogP contribution in [0.5, 0.6) is 0 Å². The zero-order valence-electron chi connectivity index (χ0n) is 13.6. The van der Waals surface area contributed by atoms with E-state index >= 15 is 0 Å². The van der Waals surface area contributed by atoms with Gasteiger partial charge in [0.2, 0.25) is 5.91 Å². The number of hydrogen-bond donors (Lipinski definition) is 1. The van der Waals surface area contributed by atoms with Gasteiger partial charge in [0.05, 0.1) is 16.3 Å². The molecule has 6 heteroatoms. The maximum atomic E-state index is 11.9. The highest BCUT2D eigenvalue weighted by Gasteiger charge is 2.23. The first kappa shape index (κ1) is 16.2. The van der Waals surface area contributed by atoms with E-state index in [9.17, 15) is 4.79 Å². The number of hydrogen-bond acceptors (Lipinski definition) is 5. The van der Waals surface area contributed by atoms with E-state index in [4.69, 9.17) is 9.72 Å². The Labute approximate surface area is 140 Å². The quantitative estimate of drug-likeness (QED) is 0.914. The molecule has 23 heavy (non-hydrogen) atoms. The summed E-state index contributed by atoms with van der Waals surface area (Å²) in [7, 11) is 0. The first-order valence-corrected chi connectivity index (χ1v) is 8.95. The second kappa shape index (κ2) is 7.27. The minimum Gasteiger partial charge on any atom is -0.369 e. The molecule has 1 fully saturated rings. The van der Waals surface area contributed by atoms with Gasteiger partial charge in [0.15, 0.2) is 5.13 Å². The molecule has 1 saturated heterocycles. The average molecular weight is 333 g/mol. The molecule has 0 spiro atoms. The van der Waals surface area contributed by atoms with Crippen LogP contribution in [0.1, 0.15) is 26.7 Å². The summed E-state index contributed by atoms with van der Waals surface area (Å²) in [5, 5.41) is 4.12. The highest BCUT2D eigenvalue weighted by molar-refractivity contribution is 7.22. The molecule has 1 N–H and O–H groups in total. The molecule has 0 aliphatic carbocycles. The van der Waals surface area contributed by atoms with Gasteiger partial charge in [0.1, 0.15) is 6.61 Å². The molecule has 0 bridgehead atoms. The molecule has 1 amide bonds. The second-order valence-corrected chi connectivity index (χ2v) is 7.19. The number of amides is 1. The molecule has 1 aliphatic rings. The van der Waals surface area contributed by atoms with E-state index in [1.54, 1.807) is 11.3 Å². The van der Waals surface area contributed by atoms with Gasteiger partial charge in [-0.15, -0.1) is 0 Å². The Morgan fingerprint density at radius 1 is 1.48 bits per heavy atom. The second-order valence-electron chi connectivity index (χ2n) is 6.18. The summed E-state index contributed by atoms with van der Waals surface area (Å²) < 4.78 is 6.57. The lowest BCUT2D eigenvalue weighted by Gasteiger charge is -2.33. The predicted octanol–water partition coefficient (Wildman–Crippen LogP) is 2.81. The SMILES string of the molecule is CC(C)OCC(=O)N[C@@H]1CCCN(c2nc3ccccc3s2)C1. The summed E-state index contributed by atoms with van der Waals surface area (Å²) in [6, 6.07) is 8.36. The van der Waals surface area contributed by atoms with Crippen molar-refractivity contribution in [2.75, 3.05) is 24.6 Å². The summed E-state index contributed by atoms with van der Waals surface area (Å²) in [5.74, 6) is -0.0325. The van der Waals surface area contributed by atoms with E-state index in [0.29, 0.717) is 0 Å². The van der Waals surface area contributed by atoms with Gasteiger partial charge in [-0.25, -0.2) is 4.98 Å². The number of fused-ring (bicyclic) bond motifs is 1. The molecular weight excluding hydrogens is 310 g/mol. The molecule has 3 rings (SSSR count). The van der Waals surface area contributed by atoms with E-state index in [2.05, 4.69) is 16.3 Å². The van der Waals surface area contributed by atoms with Crippen LogP contribution < -0.4 is 10.2 Å². The van der Waals surface area contributed by atoms with E-state index in [1.807, 2.05) is 32.0 Å². The van der Waals surface area contributed by atoms with Crippen LogP contribution in [-0.2, 0) is 9.53 Å². The van der Waals surface area contributed by atoms with Crippen LogP contribution in [0.15, 0.2) is 24.3 Å². The summed E-state index contributed by atoms with van der Waals surface area (Å²) in [6.07, 6.45) is 2.15. The van der Waals surface area contributed by atoms with Gasteiger partial charge < -0.3 is 15.0 Å². The molecule has 1 aromatic heterocycles. The Morgan fingerprint density at radius 2 is 2.30 bits per heavy atom. The lowest BCUT2D eigenvalue weighted by Crippen LogP contribution is -2.48. The van der Waals surface area contributed by atoms with E-state index < -0.39 is 0 Å². The van der Waals surface area contributed by atoms with Gasteiger partial charge in [-0.05, 0) is 38.8 Å². The Balaban J connectivity index is 1.60. The number of aromatic nitrogens is 1. The number of carbonyl (C=O) groups is 1. The van der Waals surface area contributed by atoms with E-state index in [0.717, 1.165) is 36.6 Å². The number of benzene rings is 1. The minimum absolute atomic E-state index is 0.0325. The number of para-hydroxylation sites is 1. The van der Waals surface area contributed by atoms with Gasteiger partial charge in [0, 0.05) is 19.1 Å². The first-order chi connectivity index (χ1) is 11.1. The van der Waals surface area contributed by atoms with E-state index in [-0.39, 0.29) is 24.7 Å². The molecule has 0 saturated carbocycles. The molecule has 2 aromatic rings. The summed E-state index contributed by atoms with van der Waals surface area (Å²) in [6.45, 7) is 5.81. The number of nitrogens with zero attached hydrogens (tertiary/aromatic N) is 2. The third-order valence-electron chi connectivity index (χ3n) is 3.89. The molecular formula is C17H23N3O2S. The first-order valence-electron chi connectivity index (χ1n) is 8.13. The van der Waals surface area contributed by atoms with Gasteiger partial charge in [-0.1, -0.05) is 23.5 Å². The number of piperidine rings is 1. The molecule has 2 heterocycles. The Morgan fingerprint density at radius 3 is 3.09 bits per heavy atom. The van der Waals surface area contributed by atoms with Gasteiger partial charge in [0.25, 0.3) is 0 Å². The molecule has 1 aliphatic heterocycles. The third-order valence-corrected chi connectivity index (χ3v) is 4.98. The molecule has 124 valence electrons. The fourth-order valence-corrected chi connectivity index (χ4v) is 3.78. The van der Waals surface area contributed by atoms with Crippen molar-refractivity contribution >= 4 is 32.6 Å². The fourth-order valence-electron chi connectivity index (χ4n) is 2.78. The molecule has 5 nitrogen and oxygen atoms in total. The number of ether oxygens (including phenoxy) is 1. The van der Waals surface area contributed by atoms with Crippen molar-refractivity contribution in [3.05, 3.63) is 24.3 Å². The topological polar surface area (TPSA) is 54.5 Å². The molecule has 0 unspecified atom stereocenters. The van der Waals surface area contributed by atoms with E-state index in [1.165, 1.54) is 4.70 Å². The summed E-state index contributed by atoms with van der Waals surface area (Å²) >= 11 is 1.72. The van der Waals surface area contributed by atoms with Gasteiger partial charge in [-0.3, -0.25) is 4.79 Å². The molecule has 1 atom stereocenters. The van der Waals surface area contributed by atoms with Crippen LogP contribution in [0.3, 0.4) is 0 Å². The normalized spacial score (nSPS) is 18.6. The van der Waals surface area contributed by atoms with Crippen molar-refractivity contribution < 1.29 is 9.53 Å². The summed E-state index contributed by atoms with van der Waals surface area (Å²) in [5.41, 5.74) is 1.05. The zero-order valence-corrected chi connectivity index (χ0v) is 14.4. The molecule has 1 aromatic carbocycles. The summed E-state index contributed by atoms with van der Waals surface area (Å²) in [4.78, 5) is 18.9. The van der Waals surface area contributed by atoms with Crippen molar-refractivity contribution in [1.29, 1.82) is 0 Å². The standard InChI is InChI=1S/C17H23N3O2S/c1-12(2)22-11-16(21)18-13-6-5-9-20(10-13)17-19-14-7-3-4-8-15(14)23-17/h3-4,7-8,12-13H,5-6,9-11H2,1-2H3,(H,18,21)/t13-/m1/s1. The van der Waals surface area contributed by atoms with Crippen LogP contribution >= 0.6 is 11.3 Å². The largest absolute Gasteiger partial charge is 0.369 e. The van der Waals surface area contributed by atoms with Crippen LogP contribution in [0, 0.1) is 0 Å². The monoisotopic (exact) mass is 333 g/mol. The Kier molecular flexibility index (Phi) is 5.13. The highest BCUT2D eigenvalue weighted by Crippen LogP contribution is 2.30. The lowest BCUT2D eigenvalue weighted by molar-refractivity contribution is -0.127. The Bertz CT molecular complexity index is 638. The van der Waals surface area contributed by atoms with Crippen LogP contribution in [0.25, 0.3) is 10.2 Å². The maximum absolute atomic E-state index is 11.9. The van der Waals surface area contributed by atoms with Gasteiger partial charge in [-0.2, -0.15) is 0 Å². The number of nitrogens with one attached hydrogen (secondary N) is 1. The Hall–Kier alpha value is -1.66. The van der Waals surface area contributed by atoms with Crippen molar-refractivity contribution in [3.63, 3.8) is 0 Å². The van der Waals surface area contributed by atoms with Crippen molar-refractivity contribution in [3.8, 4) is 0 Å². The number of carbonyl (C=O) groups excluding carboxylic acids is 1. The van der Waals surface area contributed by atoms with Crippen LogP contribution in [-0.4, -0.2) is 42.7 Å². The number of thiazole rings is 1. The van der Waals surface area contributed by atoms with Gasteiger partial charge >= 0.3 is 0 Å². The number of anilines is 1. The zero-order chi connectivity index (χ0) is 16.2. The smallest absolute Gasteiger partial charge is 0.246 e. The predicted molar refractivity (Wildman–Crippen MR) is 94.1 cm³/mol. The van der Waals surface area contributed by atoms with Crippen molar-refractivity contribution in [2.45, 2.75) is 38.8 Å². The minimum atomic E-state index is -0.0325. The lowest BCUT2D eigenvalue weighted by atomic mass is 10.1. The van der Waals surface area contributed by atoms with Crippen LogP contribution in [0.4, 0.5) is 5.13 Å². The highest BCUT2D eigenvalue weighted by atomic mass is 32.1. The van der Waals surface area contributed by atoms with Crippen molar-refractivity contribution in [2.24, 2.45) is 0 Å². The van der Waals surface area contributed by atoms with Crippen LogP contribution in [0.2, 0.25) is 0 Å². The third kappa shape index (κ3) is 4.20. The molecule has 0 radical (unpaired) electrons. The fraction of sp³-hybridized carbons (Fsp3) is 0.529.